The Morgan fingerprint density at radius 1 is 0.405 bits per heavy atom. The van der Waals surface area contributed by atoms with Crippen molar-refractivity contribution in [3.63, 3.8) is 0 Å². The van der Waals surface area contributed by atoms with Crippen LogP contribution in [0.25, 0.3) is 0 Å². The van der Waals surface area contributed by atoms with Crippen LogP contribution < -0.4 is 18.9 Å². The number of ether oxygens (including phenoxy) is 10. The van der Waals surface area contributed by atoms with E-state index in [0.29, 0.717) is 73.8 Å². The number of carbonyl (C=O) groups excluding carboxylic acids is 4. The Hall–Kier alpha value is -6.32. The molecular formula is C60H76O14. The first-order valence-corrected chi connectivity index (χ1v) is 26.4. The Kier molecular flexibility index (Phi) is 28.3. The molecule has 0 spiro atoms. The zero-order valence-corrected chi connectivity index (χ0v) is 43.1. The minimum Gasteiger partial charge on any atom is -0.494 e. The molecule has 0 aromatic heterocycles. The molecule has 400 valence electrons. The first-order chi connectivity index (χ1) is 36.3. The number of esters is 4. The van der Waals surface area contributed by atoms with E-state index in [1.807, 2.05) is 24.3 Å². The summed E-state index contributed by atoms with van der Waals surface area (Å²) < 4.78 is 56.8. The molecular weight excluding hydrogens is 945 g/mol. The molecule has 0 bridgehead atoms. The number of rotatable bonds is 38. The number of hydrogen-bond donors (Lipinski definition) is 0. The lowest BCUT2D eigenvalue weighted by Gasteiger charge is -2.31. The normalized spacial score (nSPS) is 14.1. The quantitative estimate of drug-likeness (QED) is 0.0180. The average Bonchev–Trinajstić information content (AvgIpc) is 3.43. The molecule has 2 atom stereocenters. The van der Waals surface area contributed by atoms with Crippen molar-refractivity contribution in [2.24, 2.45) is 0 Å². The summed E-state index contributed by atoms with van der Waals surface area (Å²) in [6.07, 6.45) is 20.8. The van der Waals surface area contributed by atoms with E-state index in [2.05, 4.69) is 13.2 Å². The number of hydrogen-bond acceptors (Lipinski definition) is 14. The van der Waals surface area contributed by atoms with E-state index in [9.17, 15) is 19.2 Å². The molecule has 1 heterocycles. The maximum atomic E-state index is 12.9. The molecule has 4 aromatic rings. The Morgan fingerprint density at radius 3 is 1.03 bits per heavy atom. The topological polar surface area (TPSA) is 161 Å². The molecule has 0 N–H and O–H groups in total. The zero-order chi connectivity index (χ0) is 52.3. The summed E-state index contributed by atoms with van der Waals surface area (Å²) in [4.78, 5) is 47.9. The fourth-order valence-electron chi connectivity index (χ4n) is 7.84. The lowest BCUT2D eigenvalue weighted by Crippen LogP contribution is -2.41. The minimum absolute atomic E-state index is 0.211. The van der Waals surface area contributed by atoms with E-state index in [1.165, 1.54) is 63.5 Å². The van der Waals surface area contributed by atoms with Crippen LogP contribution in [-0.2, 0) is 51.2 Å². The van der Waals surface area contributed by atoms with Crippen LogP contribution in [0.15, 0.2) is 122 Å². The van der Waals surface area contributed by atoms with E-state index < -0.39 is 24.5 Å². The van der Waals surface area contributed by atoms with Crippen molar-refractivity contribution in [3.8, 4) is 23.0 Å². The molecule has 0 amide bonds. The van der Waals surface area contributed by atoms with Gasteiger partial charge < -0.3 is 47.4 Å². The van der Waals surface area contributed by atoms with Crippen molar-refractivity contribution in [1.29, 1.82) is 0 Å². The van der Waals surface area contributed by atoms with Crippen molar-refractivity contribution in [2.45, 2.75) is 141 Å². The highest BCUT2D eigenvalue weighted by atomic mass is 16.8. The van der Waals surface area contributed by atoms with E-state index in [0.717, 1.165) is 75.3 Å². The Morgan fingerprint density at radius 2 is 0.703 bits per heavy atom. The van der Waals surface area contributed by atoms with Crippen LogP contribution in [0.2, 0.25) is 0 Å². The van der Waals surface area contributed by atoms with Gasteiger partial charge in [0.15, 0.2) is 0 Å². The maximum Gasteiger partial charge on any atom is 0.343 e. The molecule has 14 heteroatoms. The molecule has 1 saturated heterocycles. The van der Waals surface area contributed by atoms with Gasteiger partial charge in [-0.25, -0.2) is 19.2 Å². The van der Waals surface area contributed by atoms with Crippen molar-refractivity contribution in [1.82, 2.24) is 0 Å². The molecule has 0 radical (unpaired) electrons. The van der Waals surface area contributed by atoms with Crippen LogP contribution in [0.5, 0.6) is 23.0 Å². The van der Waals surface area contributed by atoms with Crippen LogP contribution in [-0.4, -0.2) is 76.1 Å². The molecule has 5 rings (SSSR count). The van der Waals surface area contributed by atoms with Gasteiger partial charge in [0.2, 0.25) is 12.6 Å². The summed E-state index contributed by atoms with van der Waals surface area (Å²) in [6.45, 7) is 10.1. The van der Waals surface area contributed by atoms with E-state index in [1.54, 1.807) is 72.8 Å². The Balaban J connectivity index is 0.895. The minimum atomic E-state index is -0.765. The van der Waals surface area contributed by atoms with Crippen LogP contribution in [0.4, 0.5) is 0 Å². The SMILES string of the molecule is C=CC(=O)OCCCCCCCCCCCOc1ccc(C(=O)Oc2ccc(CO[C@@H]3OCCO[C@H]3OCc3ccc(OC(=O)c4ccc(OCCCCCCCCCCCOC(=O)C=C)cc4)cc3)cc2)cc1. The third-order valence-corrected chi connectivity index (χ3v) is 12.1. The van der Waals surface area contributed by atoms with Gasteiger partial charge in [0.25, 0.3) is 0 Å². The van der Waals surface area contributed by atoms with Crippen LogP contribution in [0.3, 0.4) is 0 Å². The average molecular weight is 1020 g/mol. The molecule has 1 fully saturated rings. The van der Waals surface area contributed by atoms with Gasteiger partial charge in [-0.1, -0.05) is 127 Å². The van der Waals surface area contributed by atoms with Gasteiger partial charge in [0.05, 0.1) is 64.0 Å². The van der Waals surface area contributed by atoms with Gasteiger partial charge in [-0.05, 0) is 110 Å². The Bertz CT molecular complexity index is 2060. The largest absolute Gasteiger partial charge is 0.494 e. The number of unbranched alkanes of at least 4 members (excludes halogenated alkanes) is 16. The van der Waals surface area contributed by atoms with E-state index in [4.69, 9.17) is 47.4 Å². The second-order valence-electron chi connectivity index (χ2n) is 18.0. The van der Waals surface area contributed by atoms with Crippen LogP contribution in [0.1, 0.15) is 147 Å². The van der Waals surface area contributed by atoms with Crippen molar-refractivity contribution in [2.75, 3.05) is 39.6 Å². The number of benzene rings is 4. The lowest BCUT2D eigenvalue weighted by atomic mass is 10.1. The molecule has 0 unspecified atom stereocenters. The summed E-state index contributed by atoms with van der Waals surface area (Å²) in [5, 5.41) is 0. The molecule has 14 nitrogen and oxygen atoms in total. The second-order valence-corrected chi connectivity index (χ2v) is 18.0. The summed E-state index contributed by atoms with van der Waals surface area (Å²) in [5.41, 5.74) is 2.52. The molecule has 1 aliphatic rings. The first kappa shape index (κ1) is 58.6. The highest BCUT2D eigenvalue weighted by molar-refractivity contribution is 5.91. The van der Waals surface area contributed by atoms with Crippen molar-refractivity contribution < 1.29 is 66.5 Å². The van der Waals surface area contributed by atoms with Gasteiger partial charge in [0.1, 0.15) is 23.0 Å². The van der Waals surface area contributed by atoms with Gasteiger partial charge >= 0.3 is 23.9 Å². The maximum absolute atomic E-state index is 12.9. The molecule has 4 aromatic carbocycles. The van der Waals surface area contributed by atoms with Gasteiger partial charge in [0, 0.05) is 12.2 Å². The van der Waals surface area contributed by atoms with Gasteiger partial charge in [-0.3, -0.25) is 0 Å². The fraction of sp³-hybridized carbons (Fsp3) is 0.467. The summed E-state index contributed by atoms with van der Waals surface area (Å²) in [7, 11) is 0. The summed E-state index contributed by atoms with van der Waals surface area (Å²) in [5.74, 6) is 0.578. The molecule has 0 saturated carbocycles. The van der Waals surface area contributed by atoms with E-state index in [-0.39, 0.29) is 25.2 Å². The monoisotopic (exact) mass is 1020 g/mol. The third kappa shape index (κ3) is 24.1. The predicted molar refractivity (Wildman–Crippen MR) is 281 cm³/mol. The summed E-state index contributed by atoms with van der Waals surface area (Å²) >= 11 is 0. The van der Waals surface area contributed by atoms with E-state index >= 15 is 0 Å². The number of carbonyl (C=O) groups is 4. The first-order valence-electron chi connectivity index (χ1n) is 26.4. The molecule has 1 aliphatic heterocycles. The highest BCUT2D eigenvalue weighted by Crippen LogP contribution is 2.23. The third-order valence-electron chi connectivity index (χ3n) is 12.1. The van der Waals surface area contributed by atoms with Gasteiger partial charge in [-0.2, -0.15) is 0 Å². The second kappa shape index (κ2) is 35.8. The van der Waals surface area contributed by atoms with Crippen LogP contribution >= 0.6 is 0 Å². The van der Waals surface area contributed by atoms with Crippen molar-refractivity contribution in [3.05, 3.63) is 145 Å². The molecule has 74 heavy (non-hydrogen) atoms. The smallest absolute Gasteiger partial charge is 0.343 e. The standard InChI is InChI=1S/C60H76O14/c1-3-55(61)67-41-21-17-13-9-5-7-11-15-19-39-65-51-35-27-49(28-36-51)57(63)73-53-31-23-47(24-32-53)45-71-59-60(70-44-43-69-59)72-46-48-25-33-54(34-26-48)74-58(64)50-29-37-52(38-30-50)66-40-20-16-12-8-6-10-14-18-22-42-68-56(62)4-2/h3-4,23-38,59-60H,1-2,5-22,39-46H2/t59-,60-/m0/s1. The van der Waals surface area contributed by atoms with Crippen molar-refractivity contribution >= 4 is 23.9 Å². The fourth-order valence-corrected chi connectivity index (χ4v) is 7.84. The zero-order valence-electron chi connectivity index (χ0n) is 43.1. The van der Waals surface area contributed by atoms with Gasteiger partial charge in [-0.15, -0.1) is 0 Å². The Labute approximate surface area is 437 Å². The highest BCUT2D eigenvalue weighted by Gasteiger charge is 2.29. The summed E-state index contributed by atoms with van der Waals surface area (Å²) in [6, 6.07) is 28.1. The lowest BCUT2D eigenvalue weighted by molar-refractivity contribution is -0.326. The van der Waals surface area contributed by atoms with Crippen LogP contribution in [0, 0.1) is 0 Å². The molecule has 0 aliphatic carbocycles. The predicted octanol–water partition coefficient (Wildman–Crippen LogP) is 12.8.